The molecule has 0 aliphatic heterocycles. The molecule has 1 N–H and O–H groups in total. The van der Waals surface area contributed by atoms with Crippen LogP contribution >= 0.6 is 11.6 Å². The van der Waals surface area contributed by atoms with Crippen LogP contribution in [0, 0.1) is 0 Å². The molecule has 0 aromatic carbocycles. The maximum atomic E-state index is 5.77. The average molecular weight is 196 g/mol. The van der Waals surface area contributed by atoms with Gasteiger partial charge in [0.15, 0.2) is 8.32 Å². The van der Waals surface area contributed by atoms with E-state index >= 15 is 0 Å². The van der Waals surface area contributed by atoms with Gasteiger partial charge in [0.05, 0.1) is 6.10 Å². The minimum absolute atomic E-state index is 0.174. The van der Waals surface area contributed by atoms with Gasteiger partial charge in [0.1, 0.15) is 0 Å². The SMILES string of the molecule is CNCC(CCl)O[Si](C)(C)C. The van der Waals surface area contributed by atoms with Gasteiger partial charge in [-0.05, 0) is 26.7 Å². The summed E-state index contributed by atoms with van der Waals surface area (Å²) in [5.41, 5.74) is 0. The van der Waals surface area contributed by atoms with Crippen LogP contribution in [0.2, 0.25) is 19.6 Å². The molecule has 0 saturated carbocycles. The number of likely N-dealkylation sites (N-methyl/N-ethyl adjacent to an activating group) is 1. The summed E-state index contributed by atoms with van der Waals surface area (Å²) in [6.07, 6.45) is 0.174. The van der Waals surface area contributed by atoms with Crippen LogP contribution in [0.25, 0.3) is 0 Å². The maximum absolute atomic E-state index is 5.77. The van der Waals surface area contributed by atoms with Crippen molar-refractivity contribution in [2.75, 3.05) is 19.5 Å². The molecule has 0 bridgehead atoms. The zero-order valence-corrected chi connectivity index (χ0v) is 9.53. The van der Waals surface area contributed by atoms with Crippen LogP contribution in [0.5, 0.6) is 0 Å². The molecular weight excluding hydrogens is 178 g/mol. The van der Waals surface area contributed by atoms with Crippen molar-refractivity contribution in [3.05, 3.63) is 0 Å². The lowest BCUT2D eigenvalue weighted by Gasteiger charge is -2.24. The van der Waals surface area contributed by atoms with Gasteiger partial charge in [-0.15, -0.1) is 11.6 Å². The second-order valence-corrected chi connectivity index (χ2v) is 8.33. The highest BCUT2D eigenvalue weighted by molar-refractivity contribution is 6.69. The molecule has 1 atom stereocenters. The van der Waals surface area contributed by atoms with Crippen LogP contribution in [0.15, 0.2) is 0 Å². The molecule has 68 valence electrons. The Labute approximate surface area is 75.4 Å². The lowest BCUT2D eigenvalue weighted by atomic mass is 10.4. The summed E-state index contributed by atoms with van der Waals surface area (Å²) in [5.74, 6) is 0.575. The summed E-state index contributed by atoms with van der Waals surface area (Å²) in [6.45, 7) is 7.35. The minimum atomic E-state index is -1.40. The first-order valence-corrected chi connectivity index (χ1v) is 7.82. The summed E-state index contributed by atoms with van der Waals surface area (Å²) in [4.78, 5) is 0. The second kappa shape index (κ2) is 5.14. The summed E-state index contributed by atoms with van der Waals surface area (Å²) in [7, 11) is 0.507. The van der Waals surface area contributed by atoms with Crippen molar-refractivity contribution in [2.24, 2.45) is 0 Å². The van der Waals surface area contributed by atoms with E-state index in [1.54, 1.807) is 0 Å². The van der Waals surface area contributed by atoms with Crippen molar-refractivity contribution >= 4 is 19.9 Å². The molecule has 0 aromatic rings. The molecule has 1 unspecified atom stereocenters. The van der Waals surface area contributed by atoms with E-state index < -0.39 is 8.32 Å². The fourth-order valence-corrected chi connectivity index (χ4v) is 2.30. The van der Waals surface area contributed by atoms with E-state index in [2.05, 4.69) is 25.0 Å². The van der Waals surface area contributed by atoms with E-state index in [1.165, 1.54) is 0 Å². The minimum Gasteiger partial charge on any atom is -0.412 e. The Morgan fingerprint density at radius 3 is 2.27 bits per heavy atom. The van der Waals surface area contributed by atoms with Crippen LogP contribution in [-0.4, -0.2) is 33.9 Å². The van der Waals surface area contributed by atoms with Gasteiger partial charge in [0.2, 0.25) is 0 Å². The number of hydrogen-bond donors (Lipinski definition) is 1. The van der Waals surface area contributed by atoms with Crippen LogP contribution in [0.3, 0.4) is 0 Å². The lowest BCUT2D eigenvalue weighted by molar-refractivity contribution is 0.216. The molecule has 11 heavy (non-hydrogen) atoms. The summed E-state index contributed by atoms with van der Waals surface area (Å²) < 4.78 is 5.77. The van der Waals surface area contributed by atoms with E-state index in [0.717, 1.165) is 6.54 Å². The highest BCUT2D eigenvalue weighted by Crippen LogP contribution is 2.07. The first kappa shape index (κ1) is 11.4. The van der Waals surface area contributed by atoms with Gasteiger partial charge in [0.25, 0.3) is 0 Å². The van der Waals surface area contributed by atoms with Gasteiger partial charge in [0, 0.05) is 12.4 Å². The van der Waals surface area contributed by atoms with Crippen LogP contribution < -0.4 is 5.32 Å². The standard InChI is InChI=1S/C7H18ClNOSi/c1-9-6-7(5-8)10-11(2,3)4/h7,9H,5-6H2,1-4H3. The van der Waals surface area contributed by atoms with Crippen molar-refractivity contribution in [1.29, 1.82) is 0 Å². The van der Waals surface area contributed by atoms with Gasteiger partial charge in [-0.1, -0.05) is 0 Å². The molecule has 0 amide bonds. The van der Waals surface area contributed by atoms with Crippen LogP contribution in [0.1, 0.15) is 0 Å². The van der Waals surface area contributed by atoms with Gasteiger partial charge < -0.3 is 9.74 Å². The molecule has 0 fully saturated rings. The monoisotopic (exact) mass is 195 g/mol. The Balaban J connectivity index is 3.68. The third-order valence-corrected chi connectivity index (χ3v) is 2.51. The molecule has 0 rings (SSSR count). The number of hydrogen-bond acceptors (Lipinski definition) is 2. The number of nitrogens with one attached hydrogen (secondary N) is 1. The van der Waals surface area contributed by atoms with Crippen molar-refractivity contribution in [1.82, 2.24) is 5.32 Å². The van der Waals surface area contributed by atoms with Crippen molar-refractivity contribution < 1.29 is 4.43 Å². The molecule has 0 aliphatic carbocycles. The average Bonchev–Trinajstić information content (AvgIpc) is 1.84. The largest absolute Gasteiger partial charge is 0.412 e. The third-order valence-electron chi connectivity index (χ3n) is 1.12. The first-order chi connectivity index (χ1) is 4.99. The van der Waals surface area contributed by atoms with E-state index in [0.29, 0.717) is 5.88 Å². The molecule has 0 aliphatic rings. The summed E-state index contributed by atoms with van der Waals surface area (Å²) in [5, 5.41) is 3.05. The van der Waals surface area contributed by atoms with Crippen molar-refractivity contribution in [3.63, 3.8) is 0 Å². The Bertz CT molecular complexity index is 105. The smallest absolute Gasteiger partial charge is 0.184 e. The van der Waals surface area contributed by atoms with Crippen LogP contribution in [-0.2, 0) is 4.43 Å². The van der Waals surface area contributed by atoms with Crippen molar-refractivity contribution in [2.45, 2.75) is 25.7 Å². The fraction of sp³-hybridized carbons (Fsp3) is 1.00. The summed E-state index contributed by atoms with van der Waals surface area (Å²) in [6, 6.07) is 0. The first-order valence-electron chi connectivity index (χ1n) is 3.88. The predicted molar refractivity (Wildman–Crippen MR) is 52.9 cm³/mol. The number of rotatable bonds is 5. The Morgan fingerprint density at radius 1 is 1.45 bits per heavy atom. The molecule has 0 radical (unpaired) electrons. The Hall–Kier alpha value is 0.427. The number of alkyl halides is 1. The zero-order valence-electron chi connectivity index (χ0n) is 7.78. The quantitative estimate of drug-likeness (QED) is 0.533. The van der Waals surface area contributed by atoms with Crippen molar-refractivity contribution in [3.8, 4) is 0 Å². The Morgan fingerprint density at radius 2 is 2.00 bits per heavy atom. The molecular formula is C7H18ClNOSi. The lowest BCUT2D eigenvalue weighted by Crippen LogP contribution is -2.38. The van der Waals surface area contributed by atoms with Gasteiger partial charge in [-0.25, -0.2) is 0 Å². The normalized spacial score (nSPS) is 15.0. The summed E-state index contributed by atoms with van der Waals surface area (Å²) >= 11 is 5.71. The van der Waals surface area contributed by atoms with Gasteiger partial charge in [-0.3, -0.25) is 0 Å². The maximum Gasteiger partial charge on any atom is 0.184 e. The van der Waals surface area contributed by atoms with E-state index in [1.807, 2.05) is 7.05 Å². The number of halogens is 1. The molecule has 0 heterocycles. The van der Waals surface area contributed by atoms with Gasteiger partial charge in [-0.2, -0.15) is 0 Å². The topological polar surface area (TPSA) is 21.3 Å². The third kappa shape index (κ3) is 6.81. The predicted octanol–water partition coefficient (Wildman–Crippen LogP) is 1.66. The second-order valence-electron chi connectivity index (χ2n) is 3.56. The molecule has 0 spiro atoms. The van der Waals surface area contributed by atoms with E-state index in [-0.39, 0.29) is 6.10 Å². The van der Waals surface area contributed by atoms with E-state index in [4.69, 9.17) is 16.0 Å². The van der Waals surface area contributed by atoms with Crippen LogP contribution in [0.4, 0.5) is 0 Å². The van der Waals surface area contributed by atoms with E-state index in [9.17, 15) is 0 Å². The highest BCUT2D eigenvalue weighted by atomic mass is 35.5. The molecule has 0 saturated heterocycles. The molecule has 4 heteroatoms. The Kier molecular flexibility index (Phi) is 5.34. The fourth-order valence-electron chi connectivity index (χ4n) is 0.855. The molecule has 0 aromatic heterocycles. The zero-order chi connectivity index (χ0) is 8.91. The van der Waals surface area contributed by atoms with Gasteiger partial charge >= 0.3 is 0 Å². The highest BCUT2D eigenvalue weighted by Gasteiger charge is 2.19. The molecule has 2 nitrogen and oxygen atoms in total.